The van der Waals surface area contributed by atoms with Gasteiger partial charge < -0.3 is 4.74 Å². The minimum Gasteiger partial charge on any atom is -0.466 e. The Hall–Kier alpha value is -3.80. The summed E-state index contributed by atoms with van der Waals surface area (Å²) in [4.78, 5) is 34.4. The molecule has 0 aliphatic rings. The van der Waals surface area contributed by atoms with Gasteiger partial charge >= 0.3 is 5.97 Å². The molecule has 2 aromatic carbocycles. The van der Waals surface area contributed by atoms with Gasteiger partial charge in [0.1, 0.15) is 5.52 Å². The predicted molar refractivity (Wildman–Crippen MR) is 125 cm³/mol. The molecule has 0 bridgehead atoms. The smallest absolute Gasteiger partial charge is 0.311 e. The van der Waals surface area contributed by atoms with E-state index in [1.807, 2.05) is 62.4 Å². The number of aryl methyl sites for hydroxylation is 2. The highest BCUT2D eigenvalue weighted by Gasteiger charge is 2.21. The van der Waals surface area contributed by atoms with E-state index in [0.29, 0.717) is 22.6 Å². The first-order chi connectivity index (χ1) is 15.4. The largest absolute Gasteiger partial charge is 0.466 e. The van der Waals surface area contributed by atoms with Crippen molar-refractivity contribution in [3.8, 4) is 22.5 Å². The van der Waals surface area contributed by atoms with Gasteiger partial charge in [-0.15, -0.1) is 0 Å². The number of aromatic nitrogens is 3. The van der Waals surface area contributed by atoms with Crippen LogP contribution in [0.5, 0.6) is 0 Å². The van der Waals surface area contributed by atoms with Crippen molar-refractivity contribution < 1.29 is 14.3 Å². The molecular weight excluding hydrogens is 402 g/mol. The summed E-state index contributed by atoms with van der Waals surface area (Å²) in [5.41, 5.74) is 7.06. The molecule has 0 saturated heterocycles. The second-order valence-electron chi connectivity index (χ2n) is 7.83. The number of hydrogen-bond donors (Lipinski definition) is 0. The lowest BCUT2D eigenvalue weighted by atomic mass is 10.0. The van der Waals surface area contributed by atoms with Gasteiger partial charge in [-0.3, -0.25) is 14.2 Å². The first-order valence-electron chi connectivity index (χ1n) is 10.6. The van der Waals surface area contributed by atoms with E-state index in [1.165, 1.54) is 11.5 Å². The lowest BCUT2D eigenvalue weighted by Crippen LogP contribution is -2.15. The summed E-state index contributed by atoms with van der Waals surface area (Å²) in [6.07, 6.45) is -0.0226. The molecule has 162 valence electrons. The molecule has 4 rings (SSSR count). The second-order valence-corrected chi connectivity index (χ2v) is 7.83. The van der Waals surface area contributed by atoms with Crippen LogP contribution in [-0.2, 0) is 16.0 Å². The Morgan fingerprint density at radius 3 is 1.91 bits per heavy atom. The number of esters is 1. The summed E-state index contributed by atoms with van der Waals surface area (Å²) in [6.45, 7) is 7.56. The Kier molecular flexibility index (Phi) is 5.86. The number of benzene rings is 2. The number of carbonyl (C=O) groups is 2. The van der Waals surface area contributed by atoms with Crippen LogP contribution in [-0.4, -0.2) is 33.0 Å². The lowest BCUT2D eigenvalue weighted by molar-refractivity contribution is -0.142. The van der Waals surface area contributed by atoms with E-state index in [1.54, 1.807) is 13.0 Å². The zero-order valence-electron chi connectivity index (χ0n) is 18.7. The average molecular weight is 428 g/mol. The summed E-state index contributed by atoms with van der Waals surface area (Å²) in [5, 5.41) is 0. The third-order valence-corrected chi connectivity index (χ3v) is 5.30. The molecule has 0 radical (unpaired) electrons. The fourth-order valence-electron chi connectivity index (χ4n) is 3.73. The van der Waals surface area contributed by atoms with E-state index in [4.69, 9.17) is 14.7 Å². The second kappa shape index (κ2) is 8.75. The van der Waals surface area contributed by atoms with Gasteiger partial charge in [-0.25, -0.2) is 9.97 Å². The molecule has 0 amide bonds. The highest BCUT2D eigenvalue weighted by atomic mass is 16.5. The summed E-state index contributed by atoms with van der Waals surface area (Å²) >= 11 is 0. The highest BCUT2D eigenvalue weighted by molar-refractivity contribution is 5.93. The van der Waals surface area contributed by atoms with Crippen molar-refractivity contribution in [2.45, 2.75) is 34.1 Å². The topological polar surface area (TPSA) is 74.1 Å². The van der Waals surface area contributed by atoms with Crippen LogP contribution in [0.2, 0.25) is 0 Å². The summed E-state index contributed by atoms with van der Waals surface area (Å²) in [6, 6.07) is 17.9. The van der Waals surface area contributed by atoms with Gasteiger partial charge in [0.05, 0.1) is 24.4 Å². The highest BCUT2D eigenvalue weighted by Crippen LogP contribution is 2.32. The van der Waals surface area contributed by atoms with Crippen LogP contribution in [0.15, 0.2) is 54.6 Å². The number of nitrogens with zero attached hydrogens (tertiary/aromatic N) is 3. The molecule has 6 nitrogen and oxygen atoms in total. The maximum atomic E-state index is 12.5. The van der Waals surface area contributed by atoms with E-state index < -0.39 is 5.97 Å². The molecule has 0 N–H and O–H groups in total. The molecule has 32 heavy (non-hydrogen) atoms. The molecular formula is C26H25N3O3. The van der Waals surface area contributed by atoms with Gasteiger partial charge in [-0.05, 0) is 26.8 Å². The van der Waals surface area contributed by atoms with Crippen molar-refractivity contribution in [3.05, 3.63) is 71.4 Å². The van der Waals surface area contributed by atoms with E-state index in [2.05, 4.69) is 0 Å². The van der Waals surface area contributed by atoms with Gasteiger partial charge in [-0.2, -0.15) is 0 Å². The van der Waals surface area contributed by atoms with Crippen molar-refractivity contribution in [1.82, 2.24) is 14.5 Å². The zero-order chi connectivity index (χ0) is 22.8. The Bertz CT molecular complexity index is 1300. The maximum absolute atomic E-state index is 12.5. The fourth-order valence-corrected chi connectivity index (χ4v) is 3.73. The average Bonchev–Trinajstić information content (AvgIpc) is 3.11. The Balaban J connectivity index is 1.97. The van der Waals surface area contributed by atoms with Crippen molar-refractivity contribution in [1.29, 1.82) is 0 Å². The molecule has 0 aliphatic heterocycles. The van der Waals surface area contributed by atoms with E-state index in [0.717, 1.165) is 27.9 Å². The van der Waals surface area contributed by atoms with Crippen LogP contribution >= 0.6 is 0 Å². The molecule has 0 spiro atoms. The van der Waals surface area contributed by atoms with Crippen molar-refractivity contribution >= 4 is 23.0 Å². The van der Waals surface area contributed by atoms with Crippen LogP contribution in [0.3, 0.4) is 0 Å². The standard InChI is InChI=1S/C26H25N3O3/c1-5-32-23(31)15-21-14-22-26(29(21)18(4)30)28-25(20-12-8-17(3)9-13-20)24(27-22)19-10-6-16(2)7-11-19/h6-14H,5,15H2,1-4H3. The van der Waals surface area contributed by atoms with Crippen molar-refractivity contribution in [2.75, 3.05) is 6.61 Å². The molecule has 0 fully saturated rings. The molecule has 0 saturated carbocycles. The van der Waals surface area contributed by atoms with Gasteiger partial charge in [0.25, 0.3) is 0 Å². The molecule has 6 heteroatoms. The van der Waals surface area contributed by atoms with Gasteiger partial charge in [0, 0.05) is 23.7 Å². The Morgan fingerprint density at radius 2 is 1.41 bits per heavy atom. The third kappa shape index (κ3) is 4.17. The molecule has 0 unspecified atom stereocenters. The van der Waals surface area contributed by atoms with Crippen LogP contribution in [0.25, 0.3) is 33.7 Å². The van der Waals surface area contributed by atoms with Crippen LogP contribution < -0.4 is 0 Å². The van der Waals surface area contributed by atoms with E-state index >= 15 is 0 Å². The van der Waals surface area contributed by atoms with Gasteiger partial charge in [-0.1, -0.05) is 59.7 Å². The number of hydrogen-bond acceptors (Lipinski definition) is 5. The molecule has 2 aromatic heterocycles. The monoisotopic (exact) mass is 427 g/mol. The number of ether oxygens (including phenoxy) is 1. The summed E-state index contributed by atoms with van der Waals surface area (Å²) in [5.74, 6) is -0.623. The van der Waals surface area contributed by atoms with Crippen molar-refractivity contribution in [3.63, 3.8) is 0 Å². The van der Waals surface area contributed by atoms with Gasteiger partial charge in [0.2, 0.25) is 5.91 Å². The molecule has 0 aliphatic carbocycles. The first-order valence-corrected chi connectivity index (χ1v) is 10.6. The maximum Gasteiger partial charge on any atom is 0.311 e. The van der Waals surface area contributed by atoms with Crippen LogP contribution in [0.1, 0.15) is 35.5 Å². The Labute approximate surface area is 186 Å². The molecule has 2 heterocycles. The fraction of sp³-hybridized carbons (Fsp3) is 0.231. The van der Waals surface area contributed by atoms with Crippen LogP contribution in [0, 0.1) is 13.8 Å². The number of rotatable bonds is 5. The van der Waals surface area contributed by atoms with Crippen molar-refractivity contribution in [2.24, 2.45) is 0 Å². The Morgan fingerprint density at radius 1 is 0.875 bits per heavy atom. The van der Waals surface area contributed by atoms with Crippen LogP contribution in [0.4, 0.5) is 0 Å². The first kappa shape index (κ1) is 21.4. The normalized spacial score (nSPS) is 11.0. The number of carbonyl (C=O) groups excluding carboxylic acids is 2. The molecule has 0 atom stereocenters. The number of fused-ring (bicyclic) bond motifs is 1. The zero-order valence-corrected chi connectivity index (χ0v) is 18.7. The van der Waals surface area contributed by atoms with E-state index in [-0.39, 0.29) is 18.9 Å². The summed E-state index contributed by atoms with van der Waals surface area (Å²) in [7, 11) is 0. The SMILES string of the molecule is CCOC(=O)Cc1cc2nc(-c3ccc(C)cc3)c(-c3ccc(C)cc3)nc2n1C(C)=O. The lowest BCUT2D eigenvalue weighted by Gasteiger charge is -2.11. The minimum atomic E-state index is -0.393. The van der Waals surface area contributed by atoms with E-state index in [9.17, 15) is 9.59 Å². The van der Waals surface area contributed by atoms with Gasteiger partial charge in [0.15, 0.2) is 5.65 Å². The third-order valence-electron chi connectivity index (χ3n) is 5.30. The summed E-state index contributed by atoms with van der Waals surface area (Å²) < 4.78 is 6.53. The molecule has 4 aromatic rings. The quantitative estimate of drug-likeness (QED) is 0.412. The minimum absolute atomic E-state index is 0.0226. The predicted octanol–water partition coefficient (Wildman–Crippen LogP) is 5.15.